The Morgan fingerprint density at radius 1 is 1.50 bits per heavy atom. The Morgan fingerprint density at radius 3 is 2.50 bits per heavy atom. The van der Waals surface area contributed by atoms with Gasteiger partial charge in [0.15, 0.2) is 0 Å². The quantitative estimate of drug-likeness (QED) is 0.815. The molecule has 0 spiro atoms. The first-order chi connectivity index (χ1) is 8.24. The Hall–Kier alpha value is -0.650. The van der Waals surface area contributed by atoms with Crippen LogP contribution in [0.25, 0.3) is 0 Å². The molecule has 0 radical (unpaired) electrons. The summed E-state index contributed by atoms with van der Waals surface area (Å²) in [7, 11) is 0. The highest BCUT2D eigenvalue weighted by molar-refractivity contribution is 9.10. The van der Waals surface area contributed by atoms with Crippen molar-refractivity contribution in [2.45, 2.75) is 26.4 Å². The van der Waals surface area contributed by atoms with E-state index in [0.717, 1.165) is 22.3 Å². The summed E-state index contributed by atoms with van der Waals surface area (Å²) in [5, 5.41) is 9.90. The van der Waals surface area contributed by atoms with Gasteiger partial charge < -0.3 is 15.7 Å². The van der Waals surface area contributed by atoms with Gasteiger partial charge in [-0.15, -0.1) is 0 Å². The molecule has 0 aromatic heterocycles. The summed E-state index contributed by atoms with van der Waals surface area (Å²) < 4.78 is 0.877. The van der Waals surface area contributed by atoms with E-state index >= 15 is 0 Å². The van der Waals surface area contributed by atoms with E-state index < -0.39 is 5.60 Å². The lowest BCUT2D eigenvalue weighted by Gasteiger charge is -2.30. The number of likely N-dealkylation sites (N-methyl/N-ethyl adjacent to an activating group) is 1. The van der Waals surface area contributed by atoms with Gasteiger partial charge in [-0.2, -0.15) is 0 Å². The van der Waals surface area contributed by atoms with E-state index in [2.05, 4.69) is 27.8 Å². The lowest BCUT2D eigenvalue weighted by molar-refractivity contribution is 0.0876. The van der Waals surface area contributed by atoms with E-state index in [-0.39, 0.29) is 0 Å². The van der Waals surface area contributed by atoms with Gasteiger partial charge in [0.1, 0.15) is 4.99 Å². The molecule has 0 aliphatic heterocycles. The average Bonchev–Trinajstić information content (AvgIpc) is 2.24. The molecule has 18 heavy (non-hydrogen) atoms. The summed E-state index contributed by atoms with van der Waals surface area (Å²) in [6, 6.07) is 5.84. The summed E-state index contributed by atoms with van der Waals surface area (Å²) in [4.78, 5) is 2.48. The van der Waals surface area contributed by atoms with Crippen LogP contribution in [-0.2, 0) is 0 Å². The molecule has 1 aromatic rings. The highest BCUT2D eigenvalue weighted by atomic mass is 79.9. The Morgan fingerprint density at radius 2 is 2.11 bits per heavy atom. The predicted octanol–water partition coefficient (Wildman–Crippen LogP) is 2.68. The van der Waals surface area contributed by atoms with Gasteiger partial charge in [-0.3, -0.25) is 0 Å². The van der Waals surface area contributed by atoms with Gasteiger partial charge in [-0.25, -0.2) is 0 Å². The third-order valence-electron chi connectivity index (χ3n) is 2.54. The zero-order valence-corrected chi connectivity index (χ0v) is 13.3. The van der Waals surface area contributed by atoms with Gasteiger partial charge >= 0.3 is 0 Å². The molecule has 1 rings (SSSR count). The van der Waals surface area contributed by atoms with Crippen LogP contribution in [0.3, 0.4) is 0 Å². The van der Waals surface area contributed by atoms with Gasteiger partial charge in [0.05, 0.1) is 5.60 Å². The molecule has 0 aliphatic carbocycles. The second-order valence-electron chi connectivity index (χ2n) is 4.86. The molecule has 0 heterocycles. The molecule has 3 nitrogen and oxygen atoms in total. The topological polar surface area (TPSA) is 49.5 Å². The van der Waals surface area contributed by atoms with Gasteiger partial charge in [0.25, 0.3) is 0 Å². The van der Waals surface area contributed by atoms with Crippen LogP contribution in [0.4, 0.5) is 5.69 Å². The summed E-state index contributed by atoms with van der Waals surface area (Å²) in [5.41, 5.74) is 6.75. The van der Waals surface area contributed by atoms with Crippen LogP contribution in [0.2, 0.25) is 0 Å². The maximum atomic E-state index is 9.90. The van der Waals surface area contributed by atoms with Crippen LogP contribution in [0, 0.1) is 0 Å². The number of benzene rings is 1. The van der Waals surface area contributed by atoms with E-state index in [9.17, 15) is 5.11 Å². The van der Waals surface area contributed by atoms with E-state index in [1.165, 1.54) is 0 Å². The highest BCUT2D eigenvalue weighted by Gasteiger charge is 2.18. The third-order valence-corrected chi connectivity index (χ3v) is 3.42. The van der Waals surface area contributed by atoms with Gasteiger partial charge in [0.2, 0.25) is 0 Å². The van der Waals surface area contributed by atoms with E-state index in [1.807, 2.05) is 18.2 Å². The molecule has 0 saturated carbocycles. The first kappa shape index (κ1) is 15.4. The van der Waals surface area contributed by atoms with Crippen molar-refractivity contribution in [1.82, 2.24) is 0 Å². The van der Waals surface area contributed by atoms with Crippen molar-refractivity contribution in [1.29, 1.82) is 0 Å². The van der Waals surface area contributed by atoms with E-state index in [0.29, 0.717) is 11.5 Å². The maximum Gasteiger partial charge on any atom is 0.105 e. The number of rotatable bonds is 5. The average molecular weight is 331 g/mol. The Labute approximate surface area is 122 Å². The molecule has 0 unspecified atom stereocenters. The minimum atomic E-state index is -0.732. The van der Waals surface area contributed by atoms with Crippen LogP contribution >= 0.6 is 28.1 Å². The predicted molar refractivity (Wildman–Crippen MR) is 84.2 cm³/mol. The summed E-state index contributed by atoms with van der Waals surface area (Å²) in [5.74, 6) is 0. The zero-order chi connectivity index (χ0) is 13.9. The van der Waals surface area contributed by atoms with E-state index in [4.69, 9.17) is 18.0 Å². The monoisotopic (exact) mass is 330 g/mol. The lowest BCUT2D eigenvalue weighted by atomic mass is 10.1. The van der Waals surface area contributed by atoms with Crippen LogP contribution in [0.5, 0.6) is 0 Å². The zero-order valence-electron chi connectivity index (χ0n) is 10.9. The van der Waals surface area contributed by atoms with Crippen molar-refractivity contribution < 1.29 is 5.11 Å². The smallest absolute Gasteiger partial charge is 0.105 e. The largest absolute Gasteiger partial charge is 0.389 e. The summed E-state index contributed by atoms with van der Waals surface area (Å²) in [6.07, 6.45) is 0. The van der Waals surface area contributed by atoms with Crippen molar-refractivity contribution in [3.05, 3.63) is 28.2 Å². The van der Waals surface area contributed by atoms with Crippen molar-refractivity contribution in [2.75, 3.05) is 18.0 Å². The van der Waals surface area contributed by atoms with Crippen molar-refractivity contribution in [3.8, 4) is 0 Å². The van der Waals surface area contributed by atoms with Crippen LogP contribution in [0.1, 0.15) is 26.3 Å². The number of thiocarbonyl (C=S) groups is 1. The molecule has 0 saturated heterocycles. The van der Waals surface area contributed by atoms with Crippen LogP contribution in [-0.4, -0.2) is 28.8 Å². The number of nitrogens with two attached hydrogens (primary N) is 1. The Balaban J connectivity index is 3.01. The molecule has 0 amide bonds. The highest BCUT2D eigenvalue weighted by Crippen LogP contribution is 2.25. The fourth-order valence-corrected chi connectivity index (χ4v) is 2.64. The van der Waals surface area contributed by atoms with Crippen LogP contribution < -0.4 is 10.6 Å². The van der Waals surface area contributed by atoms with Crippen LogP contribution in [0.15, 0.2) is 22.7 Å². The van der Waals surface area contributed by atoms with Crippen molar-refractivity contribution in [3.63, 3.8) is 0 Å². The third kappa shape index (κ3) is 4.23. The van der Waals surface area contributed by atoms with Gasteiger partial charge in [0, 0.05) is 28.8 Å². The molecular weight excluding hydrogens is 312 g/mol. The number of nitrogens with zero attached hydrogens (tertiary/aromatic N) is 1. The van der Waals surface area contributed by atoms with E-state index in [1.54, 1.807) is 13.8 Å². The number of halogens is 1. The molecule has 1 aromatic carbocycles. The van der Waals surface area contributed by atoms with Gasteiger partial charge in [-0.1, -0.05) is 12.2 Å². The second kappa shape index (κ2) is 5.99. The fraction of sp³-hybridized carbons (Fsp3) is 0.462. The normalized spacial score (nSPS) is 11.4. The maximum absolute atomic E-state index is 9.90. The number of anilines is 1. The Bertz CT molecular complexity index is 443. The lowest BCUT2D eigenvalue weighted by Crippen LogP contribution is -2.38. The second-order valence-corrected chi connectivity index (χ2v) is 6.15. The minimum absolute atomic E-state index is 0.374. The standard InChI is InChI=1S/C13H19BrN2OS/c1-4-16(8-13(2,3)17)9-5-6-10(12(15)18)11(14)7-9/h5-7,17H,4,8H2,1-3H3,(H2,15,18). The fourth-order valence-electron chi connectivity index (χ4n) is 1.75. The molecular formula is C13H19BrN2OS. The molecule has 0 aliphatic rings. The molecule has 5 heteroatoms. The molecule has 0 fully saturated rings. The first-order valence-corrected chi connectivity index (χ1v) is 7.01. The number of hydrogen-bond donors (Lipinski definition) is 2. The van der Waals surface area contributed by atoms with Crippen molar-refractivity contribution >= 4 is 38.8 Å². The van der Waals surface area contributed by atoms with Gasteiger partial charge in [-0.05, 0) is 54.9 Å². The minimum Gasteiger partial charge on any atom is -0.389 e. The molecule has 0 bridgehead atoms. The first-order valence-electron chi connectivity index (χ1n) is 5.81. The number of hydrogen-bond acceptors (Lipinski definition) is 3. The SMILES string of the molecule is CCN(CC(C)(C)O)c1ccc(C(N)=S)c(Br)c1. The molecule has 100 valence electrons. The molecule has 0 atom stereocenters. The summed E-state index contributed by atoms with van der Waals surface area (Å²) in [6.45, 7) is 7.05. The molecule has 3 N–H and O–H groups in total. The van der Waals surface area contributed by atoms with Crippen molar-refractivity contribution in [2.24, 2.45) is 5.73 Å². The summed E-state index contributed by atoms with van der Waals surface area (Å²) >= 11 is 8.44. The Kier molecular flexibility index (Phi) is 5.13. The number of aliphatic hydroxyl groups is 1.